The Bertz CT molecular complexity index is 1270. The van der Waals surface area contributed by atoms with Crippen LogP contribution in [-0.2, 0) is 17.9 Å². The molecule has 0 bridgehead atoms. The second-order valence-corrected chi connectivity index (χ2v) is 9.07. The Hall–Kier alpha value is -3.37. The van der Waals surface area contributed by atoms with E-state index in [1.165, 1.54) is 25.4 Å². The van der Waals surface area contributed by atoms with Crippen molar-refractivity contribution in [2.75, 3.05) is 26.7 Å². The van der Waals surface area contributed by atoms with Crippen LogP contribution in [0.5, 0.6) is 0 Å². The van der Waals surface area contributed by atoms with Gasteiger partial charge in [-0.05, 0) is 30.7 Å². The lowest BCUT2D eigenvalue weighted by molar-refractivity contribution is -0.124. The predicted molar refractivity (Wildman–Crippen MR) is 119 cm³/mol. The van der Waals surface area contributed by atoms with Gasteiger partial charge in [-0.15, -0.1) is 0 Å². The summed E-state index contributed by atoms with van der Waals surface area (Å²) in [6.07, 6.45) is 4.22. The fourth-order valence-electron chi connectivity index (χ4n) is 5.04. The van der Waals surface area contributed by atoms with Gasteiger partial charge >= 0.3 is 0 Å². The number of nitrogens with one attached hydrogen (secondary N) is 1. The smallest absolute Gasteiger partial charge is 0.295 e. The highest BCUT2D eigenvalue weighted by Crippen LogP contribution is 2.30. The molecule has 0 spiro atoms. The first-order chi connectivity index (χ1) is 16.3. The maximum absolute atomic E-state index is 14.3. The second kappa shape index (κ2) is 8.77. The Kier molecular flexibility index (Phi) is 5.78. The Morgan fingerprint density at radius 3 is 2.85 bits per heavy atom. The standard InChI is InChI=1S/C24H25F2N5O3/c1-29(34)24(33)21-7-19-16(11-30-5-4-18-15(10-30)8-28-23(18)32)13-31(22(19)9-27-21)12-14-2-3-17(25)6-20(14)26/h2-3,6-7,9,13,15,18,34H,4-5,8,10-12H2,1H3,(H,28,32)/t15-,18+/m1/s1. The Labute approximate surface area is 194 Å². The molecule has 0 radical (unpaired) electrons. The molecule has 2 aliphatic heterocycles. The molecule has 8 nitrogen and oxygen atoms in total. The van der Waals surface area contributed by atoms with Gasteiger partial charge < -0.3 is 9.88 Å². The highest BCUT2D eigenvalue weighted by Gasteiger charge is 2.38. The molecule has 2 N–H and O–H groups in total. The molecule has 0 unspecified atom stereocenters. The maximum Gasteiger partial charge on any atom is 0.295 e. The molecule has 0 saturated carbocycles. The van der Waals surface area contributed by atoms with Crippen molar-refractivity contribution in [3.8, 4) is 0 Å². The number of aromatic nitrogens is 2. The molecule has 1 aromatic carbocycles. The fraction of sp³-hybridized carbons (Fsp3) is 0.375. The zero-order valence-corrected chi connectivity index (χ0v) is 18.7. The lowest BCUT2D eigenvalue weighted by Crippen LogP contribution is -2.40. The molecular formula is C24H25F2N5O3. The summed E-state index contributed by atoms with van der Waals surface area (Å²) in [6, 6.07) is 5.12. The molecule has 3 aromatic rings. The van der Waals surface area contributed by atoms with Gasteiger partial charge in [0, 0.05) is 61.7 Å². The van der Waals surface area contributed by atoms with Crippen molar-refractivity contribution in [2.45, 2.75) is 19.5 Å². The van der Waals surface area contributed by atoms with Gasteiger partial charge in [0.2, 0.25) is 5.91 Å². The highest BCUT2D eigenvalue weighted by atomic mass is 19.1. The van der Waals surface area contributed by atoms with Crippen molar-refractivity contribution in [2.24, 2.45) is 11.8 Å². The molecule has 2 atom stereocenters. The molecule has 178 valence electrons. The van der Waals surface area contributed by atoms with E-state index in [0.717, 1.165) is 36.5 Å². The lowest BCUT2D eigenvalue weighted by Gasteiger charge is -2.33. The summed E-state index contributed by atoms with van der Waals surface area (Å²) >= 11 is 0. The molecule has 2 saturated heterocycles. The Morgan fingerprint density at radius 1 is 1.26 bits per heavy atom. The summed E-state index contributed by atoms with van der Waals surface area (Å²) in [5.74, 6) is -1.45. The van der Waals surface area contributed by atoms with Crippen molar-refractivity contribution < 1.29 is 23.6 Å². The van der Waals surface area contributed by atoms with Gasteiger partial charge in [-0.1, -0.05) is 6.07 Å². The third kappa shape index (κ3) is 4.14. The van der Waals surface area contributed by atoms with Gasteiger partial charge in [-0.2, -0.15) is 0 Å². The van der Waals surface area contributed by atoms with Crippen molar-refractivity contribution in [3.05, 3.63) is 65.1 Å². The summed E-state index contributed by atoms with van der Waals surface area (Å²) < 4.78 is 29.5. The zero-order chi connectivity index (χ0) is 24.0. The topological polar surface area (TPSA) is 90.7 Å². The molecule has 34 heavy (non-hydrogen) atoms. The number of benzene rings is 1. The average Bonchev–Trinajstić information content (AvgIpc) is 3.34. The maximum atomic E-state index is 14.3. The number of hydroxylamine groups is 2. The van der Waals surface area contributed by atoms with Crippen LogP contribution >= 0.6 is 0 Å². The number of rotatable bonds is 5. The number of hydrogen-bond acceptors (Lipinski definition) is 5. The number of hydrogen-bond donors (Lipinski definition) is 2. The van der Waals surface area contributed by atoms with Crippen LogP contribution in [0.2, 0.25) is 0 Å². The predicted octanol–water partition coefficient (Wildman–Crippen LogP) is 2.39. The van der Waals surface area contributed by atoms with Crippen molar-refractivity contribution in [1.29, 1.82) is 0 Å². The molecule has 2 fully saturated rings. The number of carbonyl (C=O) groups is 2. The quantitative estimate of drug-likeness (QED) is 0.442. The van der Waals surface area contributed by atoms with Crippen molar-refractivity contribution in [1.82, 2.24) is 24.8 Å². The van der Waals surface area contributed by atoms with Crippen LogP contribution in [0.4, 0.5) is 8.78 Å². The van der Waals surface area contributed by atoms with E-state index in [1.54, 1.807) is 6.07 Å². The fourth-order valence-corrected chi connectivity index (χ4v) is 5.04. The van der Waals surface area contributed by atoms with E-state index < -0.39 is 17.5 Å². The Morgan fingerprint density at radius 2 is 2.09 bits per heavy atom. The summed E-state index contributed by atoms with van der Waals surface area (Å²) in [5.41, 5.74) is 2.04. The molecule has 2 aromatic heterocycles. The SMILES string of the molecule is CN(O)C(=O)c1cc2c(CN3CC[C@@H]4C(=O)NC[C@@H]4C3)cn(Cc3ccc(F)cc3F)c2cn1. The van der Waals surface area contributed by atoms with Gasteiger partial charge in [-0.25, -0.2) is 18.8 Å². The van der Waals surface area contributed by atoms with Gasteiger partial charge in [0.25, 0.3) is 5.91 Å². The third-order valence-electron chi connectivity index (χ3n) is 6.81. The molecule has 2 amide bonds. The molecule has 4 heterocycles. The van der Waals surface area contributed by atoms with Gasteiger partial charge in [0.05, 0.1) is 18.3 Å². The van der Waals surface area contributed by atoms with E-state index in [0.29, 0.717) is 29.2 Å². The number of piperidine rings is 1. The van der Waals surface area contributed by atoms with Crippen LogP contribution < -0.4 is 5.32 Å². The first kappa shape index (κ1) is 22.4. The van der Waals surface area contributed by atoms with E-state index in [9.17, 15) is 23.6 Å². The first-order valence-electron chi connectivity index (χ1n) is 11.2. The Balaban J connectivity index is 1.49. The number of pyridine rings is 1. The minimum absolute atomic E-state index is 0.0626. The minimum atomic E-state index is -0.638. The summed E-state index contributed by atoms with van der Waals surface area (Å²) in [5, 5.41) is 13.8. The van der Waals surface area contributed by atoms with Crippen LogP contribution in [0.15, 0.2) is 36.7 Å². The zero-order valence-electron chi connectivity index (χ0n) is 18.7. The van der Waals surface area contributed by atoms with Crippen LogP contribution in [0, 0.1) is 23.5 Å². The summed E-state index contributed by atoms with van der Waals surface area (Å²) in [4.78, 5) is 30.7. The van der Waals surface area contributed by atoms with Crippen molar-refractivity contribution >= 4 is 22.7 Å². The number of nitrogens with zero attached hydrogens (tertiary/aromatic N) is 4. The van der Waals surface area contributed by atoms with Gasteiger partial charge in [0.1, 0.15) is 17.3 Å². The van der Waals surface area contributed by atoms with Crippen molar-refractivity contribution in [3.63, 3.8) is 0 Å². The monoisotopic (exact) mass is 469 g/mol. The van der Waals surface area contributed by atoms with E-state index in [-0.39, 0.29) is 30.0 Å². The minimum Gasteiger partial charge on any atom is -0.355 e. The highest BCUT2D eigenvalue weighted by molar-refractivity contribution is 5.96. The van der Waals surface area contributed by atoms with E-state index in [4.69, 9.17) is 0 Å². The van der Waals surface area contributed by atoms with Crippen LogP contribution in [0.25, 0.3) is 10.9 Å². The molecule has 2 aliphatic rings. The van der Waals surface area contributed by atoms with E-state index >= 15 is 0 Å². The van der Waals surface area contributed by atoms with Gasteiger partial charge in [-0.3, -0.25) is 19.7 Å². The molecular weight excluding hydrogens is 444 g/mol. The van der Waals surface area contributed by atoms with Crippen LogP contribution in [0.3, 0.4) is 0 Å². The van der Waals surface area contributed by atoms with E-state index in [1.807, 2.05) is 10.8 Å². The number of amides is 2. The average molecular weight is 469 g/mol. The first-order valence-corrected chi connectivity index (χ1v) is 11.2. The van der Waals surface area contributed by atoms with Crippen LogP contribution in [-0.4, -0.2) is 63.2 Å². The number of halogens is 2. The summed E-state index contributed by atoms with van der Waals surface area (Å²) in [7, 11) is 1.23. The second-order valence-electron chi connectivity index (χ2n) is 9.07. The lowest BCUT2D eigenvalue weighted by atomic mass is 9.88. The number of carbonyl (C=O) groups excluding carboxylic acids is 2. The number of likely N-dealkylation sites (tertiary alicyclic amines) is 1. The number of fused-ring (bicyclic) bond motifs is 2. The van der Waals surface area contributed by atoms with E-state index in [2.05, 4.69) is 15.2 Å². The molecule has 10 heteroatoms. The molecule has 5 rings (SSSR count). The third-order valence-corrected chi connectivity index (χ3v) is 6.81. The van der Waals surface area contributed by atoms with Crippen LogP contribution in [0.1, 0.15) is 28.0 Å². The summed E-state index contributed by atoms with van der Waals surface area (Å²) in [6.45, 7) is 2.97. The van der Waals surface area contributed by atoms with Gasteiger partial charge in [0.15, 0.2) is 0 Å². The normalized spacial score (nSPS) is 20.4. The molecule has 0 aliphatic carbocycles. The largest absolute Gasteiger partial charge is 0.355 e.